The minimum Gasteiger partial charge on any atom is -0.374 e. The van der Waals surface area contributed by atoms with E-state index < -0.39 is 5.44 Å². The summed E-state index contributed by atoms with van der Waals surface area (Å²) in [6, 6.07) is 14.3. The van der Waals surface area contributed by atoms with E-state index in [0.717, 1.165) is 22.2 Å². The van der Waals surface area contributed by atoms with Crippen molar-refractivity contribution in [3.8, 4) is 0 Å². The molecule has 0 aromatic heterocycles. The van der Waals surface area contributed by atoms with Gasteiger partial charge in [-0.1, -0.05) is 47.6 Å². The van der Waals surface area contributed by atoms with Crippen LogP contribution < -0.4 is 0 Å². The summed E-state index contributed by atoms with van der Waals surface area (Å²) in [5, 5.41) is 10.6. The number of halogens is 1. The lowest BCUT2D eigenvalue weighted by Gasteiger charge is -2.11. The smallest absolute Gasteiger partial charge is 0.202 e. The Balaban J connectivity index is 2.12. The van der Waals surface area contributed by atoms with Crippen LogP contribution in [0.2, 0.25) is 5.02 Å². The lowest BCUT2D eigenvalue weighted by Crippen LogP contribution is -2.17. The molecule has 0 bridgehead atoms. The highest BCUT2D eigenvalue weighted by molar-refractivity contribution is 8.00. The topological polar surface area (TPSA) is 37.3 Å². The van der Waals surface area contributed by atoms with Crippen LogP contribution >= 0.6 is 23.4 Å². The molecule has 0 spiro atoms. The second-order valence-corrected chi connectivity index (χ2v) is 5.69. The average Bonchev–Trinajstić information content (AvgIpc) is 2.41. The van der Waals surface area contributed by atoms with Gasteiger partial charge in [0.1, 0.15) is 0 Å². The molecular weight excluding hydrogens is 280 g/mol. The summed E-state index contributed by atoms with van der Waals surface area (Å²) in [5.74, 6) is -0.280. The maximum Gasteiger partial charge on any atom is 0.202 e. The largest absolute Gasteiger partial charge is 0.374 e. The van der Waals surface area contributed by atoms with Crippen LogP contribution in [0.4, 0.5) is 0 Å². The van der Waals surface area contributed by atoms with Gasteiger partial charge in [-0.3, -0.25) is 4.79 Å². The van der Waals surface area contributed by atoms with E-state index in [0.29, 0.717) is 10.6 Å². The number of benzene rings is 2. The van der Waals surface area contributed by atoms with Crippen molar-refractivity contribution in [2.24, 2.45) is 0 Å². The Morgan fingerprint density at radius 2 is 1.79 bits per heavy atom. The number of ketones is 1. The molecule has 0 aliphatic carbocycles. The first-order valence-corrected chi connectivity index (χ1v) is 7.04. The zero-order chi connectivity index (χ0) is 13.8. The molecule has 0 radical (unpaired) electrons. The summed E-state index contributed by atoms with van der Waals surface area (Å²) < 4.78 is 0. The summed E-state index contributed by atoms with van der Waals surface area (Å²) >= 11 is 6.90. The minimum atomic E-state index is -1.11. The highest BCUT2D eigenvalue weighted by Crippen LogP contribution is 2.26. The first-order chi connectivity index (χ1) is 9.08. The van der Waals surface area contributed by atoms with E-state index in [4.69, 9.17) is 11.6 Å². The van der Waals surface area contributed by atoms with E-state index >= 15 is 0 Å². The SMILES string of the molecule is Cc1ccccc1C(=O)C(O)Sc1ccc(Cl)cc1. The minimum absolute atomic E-state index is 0.280. The van der Waals surface area contributed by atoms with E-state index in [1.54, 1.807) is 36.4 Å². The molecule has 0 aliphatic rings. The van der Waals surface area contributed by atoms with Crippen molar-refractivity contribution in [1.29, 1.82) is 0 Å². The van der Waals surface area contributed by atoms with Gasteiger partial charge in [0.25, 0.3) is 0 Å². The number of thioether (sulfide) groups is 1. The second kappa shape index (κ2) is 6.24. The molecule has 19 heavy (non-hydrogen) atoms. The van der Waals surface area contributed by atoms with E-state index in [9.17, 15) is 9.90 Å². The van der Waals surface area contributed by atoms with Gasteiger partial charge < -0.3 is 5.11 Å². The van der Waals surface area contributed by atoms with Gasteiger partial charge in [-0.25, -0.2) is 0 Å². The van der Waals surface area contributed by atoms with Gasteiger partial charge in [-0.15, -0.1) is 0 Å². The fraction of sp³-hybridized carbons (Fsp3) is 0.133. The molecule has 0 aliphatic heterocycles. The van der Waals surface area contributed by atoms with Crippen LogP contribution in [0.3, 0.4) is 0 Å². The molecule has 0 fully saturated rings. The Bertz CT molecular complexity index is 581. The number of hydrogen-bond acceptors (Lipinski definition) is 3. The number of aliphatic hydroxyl groups is 1. The zero-order valence-corrected chi connectivity index (χ0v) is 11.9. The standard InChI is InChI=1S/C15H13ClO2S/c1-10-4-2-3-5-13(10)14(17)15(18)19-12-8-6-11(16)7-9-12/h2-9,15,18H,1H3. The quantitative estimate of drug-likeness (QED) is 0.527. The molecule has 1 N–H and O–H groups in total. The number of carbonyl (C=O) groups is 1. The molecule has 1 unspecified atom stereocenters. The summed E-state index contributed by atoms with van der Waals surface area (Å²) in [5.41, 5.74) is 0.307. The molecular formula is C15H13ClO2S. The summed E-state index contributed by atoms with van der Waals surface area (Å²) in [6.07, 6.45) is 0. The van der Waals surface area contributed by atoms with Crippen LogP contribution in [-0.4, -0.2) is 16.3 Å². The molecule has 0 saturated carbocycles. The summed E-state index contributed by atoms with van der Waals surface area (Å²) in [7, 11) is 0. The number of rotatable bonds is 4. The van der Waals surface area contributed by atoms with E-state index in [1.807, 2.05) is 19.1 Å². The lowest BCUT2D eigenvalue weighted by molar-refractivity contribution is 0.0867. The van der Waals surface area contributed by atoms with E-state index in [1.165, 1.54) is 0 Å². The Morgan fingerprint density at radius 1 is 1.16 bits per heavy atom. The van der Waals surface area contributed by atoms with Gasteiger partial charge in [0.2, 0.25) is 5.78 Å². The third-order valence-electron chi connectivity index (χ3n) is 2.70. The van der Waals surface area contributed by atoms with Crippen LogP contribution in [0.15, 0.2) is 53.4 Å². The molecule has 2 nitrogen and oxygen atoms in total. The van der Waals surface area contributed by atoms with Crippen molar-refractivity contribution in [2.75, 3.05) is 0 Å². The maximum absolute atomic E-state index is 12.1. The number of Topliss-reactive ketones (excluding diaryl/α,β-unsaturated/α-hetero) is 1. The van der Waals surface area contributed by atoms with Gasteiger partial charge in [-0.2, -0.15) is 0 Å². The summed E-state index contributed by atoms with van der Waals surface area (Å²) in [6.45, 7) is 1.85. The number of aliphatic hydroxyl groups excluding tert-OH is 1. The van der Waals surface area contributed by atoms with Gasteiger partial charge in [-0.05, 0) is 36.8 Å². The fourth-order valence-electron chi connectivity index (χ4n) is 1.68. The van der Waals surface area contributed by atoms with E-state index in [-0.39, 0.29) is 5.78 Å². The van der Waals surface area contributed by atoms with Crippen molar-refractivity contribution in [3.63, 3.8) is 0 Å². The second-order valence-electron chi connectivity index (χ2n) is 4.10. The average molecular weight is 293 g/mol. The number of carbonyl (C=O) groups excluding carboxylic acids is 1. The first kappa shape index (κ1) is 14.1. The highest BCUT2D eigenvalue weighted by Gasteiger charge is 2.19. The van der Waals surface area contributed by atoms with Crippen LogP contribution in [0.5, 0.6) is 0 Å². The lowest BCUT2D eigenvalue weighted by atomic mass is 10.1. The third kappa shape index (κ3) is 3.60. The van der Waals surface area contributed by atoms with Gasteiger partial charge >= 0.3 is 0 Å². The monoisotopic (exact) mass is 292 g/mol. The summed E-state index contributed by atoms with van der Waals surface area (Å²) in [4.78, 5) is 12.9. The number of hydrogen-bond donors (Lipinski definition) is 1. The maximum atomic E-state index is 12.1. The fourth-order valence-corrected chi connectivity index (χ4v) is 2.59. The van der Waals surface area contributed by atoms with Crippen molar-refractivity contribution in [3.05, 3.63) is 64.7 Å². The van der Waals surface area contributed by atoms with Gasteiger partial charge in [0.05, 0.1) is 0 Å². The van der Waals surface area contributed by atoms with Crippen LogP contribution in [0, 0.1) is 6.92 Å². The van der Waals surface area contributed by atoms with Crippen LogP contribution in [-0.2, 0) is 0 Å². The van der Waals surface area contributed by atoms with E-state index in [2.05, 4.69) is 0 Å². The third-order valence-corrected chi connectivity index (χ3v) is 3.93. The van der Waals surface area contributed by atoms with Crippen molar-refractivity contribution < 1.29 is 9.90 Å². The van der Waals surface area contributed by atoms with Crippen LogP contribution in [0.25, 0.3) is 0 Å². The molecule has 0 saturated heterocycles. The van der Waals surface area contributed by atoms with Crippen molar-refractivity contribution in [1.82, 2.24) is 0 Å². The van der Waals surface area contributed by atoms with Crippen LogP contribution in [0.1, 0.15) is 15.9 Å². The highest BCUT2D eigenvalue weighted by atomic mass is 35.5. The van der Waals surface area contributed by atoms with Gasteiger partial charge in [0, 0.05) is 15.5 Å². The Morgan fingerprint density at radius 3 is 2.42 bits per heavy atom. The normalized spacial score (nSPS) is 12.2. The Labute approximate surface area is 121 Å². The molecule has 0 heterocycles. The molecule has 4 heteroatoms. The predicted octanol–water partition coefficient (Wildman–Crippen LogP) is 3.94. The molecule has 2 rings (SSSR count). The molecule has 2 aromatic rings. The Hall–Kier alpha value is -1.29. The Kier molecular flexibility index (Phi) is 4.64. The van der Waals surface area contributed by atoms with Gasteiger partial charge in [0.15, 0.2) is 5.44 Å². The molecule has 2 aromatic carbocycles. The first-order valence-electron chi connectivity index (χ1n) is 5.78. The zero-order valence-electron chi connectivity index (χ0n) is 10.3. The van der Waals surface area contributed by atoms with Crippen molar-refractivity contribution >= 4 is 29.1 Å². The number of aryl methyl sites for hydroxylation is 1. The molecule has 0 amide bonds. The molecule has 1 atom stereocenters. The van der Waals surface area contributed by atoms with Crippen molar-refractivity contribution in [2.45, 2.75) is 17.3 Å². The molecule has 98 valence electrons. The predicted molar refractivity (Wildman–Crippen MR) is 78.8 cm³/mol.